The molecule has 2 aromatic rings. The average molecular weight is 522 g/mol. The van der Waals surface area contributed by atoms with E-state index < -0.39 is 0 Å². The van der Waals surface area contributed by atoms with Crippen LogP contribution in [0.4, 0.5) is 0 Å². The Balaban J connectivity index is 0.00000320. The normalized spacial score (nSPS) is 13.2. The minimum atomic E-state index is -0.0506. The number of carbonyl (C=O) groups is 1. The number of nitrogens with one attached hydrogen (secondary N) is 3. The van der Waals surface area contributed by atoms with Crippen LogP contribution in [0.15, 0.2) is 53.5 Å². The van der Waals surface area contributed by atoms with Crippen molar-refractivity contribution in [2.45, 2.75) is 38.8 Å². The number of aliphatic imine (C=N–C) groups is 1. The van der Waals surface area contributed by atoms with Gasteiger partial charge in [-0.05, 0) is 55.0 Å². The lowest BCUT2D eigenvalue weighted by molar-refractivity contribution is -0.123. The minimum Gasteiger partial charge on any atom is -0.484 e. The molecule has 0 radical (unpaired) electrons. The predicted molar refractivity (Wildman–Crippen MR) is 132 cm³/mol. The van der Waals surface area contributed by atoms with Crippen molar-refractivity contribution in [3.05, 3.63) is 65.2 Å². The first-order valence-corrected chi connectivity index (χ1v) is 10.1. The van der Waals surface area contributed by atoms with Crippen LogP contribution >= 0.6 is 24.0 Å². The molecule has 0 bridgehead atoms. The first kappa shape index (κ1) is 24.0. The standard InChI is InChI=1S/C23H30N4O2.HI/c1-17-5-3-4-6-19(17)15-26-23(24-2)25-14-13-18-7-11-21(12-8-18)29-16-22(28)27-20-9-10-20;/h3-8,11-12,20H,9-10,13-16H2,1-2H3,(H,27,28)(H2,24,25,26);1H. The van der Waals surface area contributed by atoms with Gasteiger partial charge >= 0.3 is 0 Å². The van der Waals surface area contributed by atoms with E-state index in [0.717, 1.165) is 38.3 Å². The molecule has 162 valence electrons. The quantitative estimate of drug-likeness (QED) is 0.269. The first-order valence-electron chi connectivity index (χ1n) is 10.1. The summed E-state index contributed by atoms with van der Waals surface area (Å²) in [6.45, 7) is 3.70. The van der Waals surface area contributed by atoms with Crippen molar-refractivity contribution in [3.8, 4) is 5.75 Å². The molecule has 2 aromatic carbocycles. The lowest BCUT2D eigenvalue weighted by Gasteiger charge is -2.13. The van der Waals surface area contributed by atoms with Crippen LogP contribution in [-0.2, 0) is 17.8 Å². The smallest absolute Gasteiger partial charge is 0.258 e. The summed E-state index contributed by atoms with van der Waals surface area (Å²) in [5.74, 6) is 1.45. The van der Waals surface area contributed by atoms with Crippen molar-refractivity contribution in [1.82, 2.24) is 16.0 Å². The molecule has 0 spiro atoms. The van der Waals surface area contributed by atoms with Gasteiger partial charge in [0.25, 0.3) is 5.91 Å². The van der Waals surface area contributed by atoms with Crippen LogP contribution in [0.2, 0.25) is 0 Å². The van der Waals surface area contributed by atoms with Gasteiger partial charge in [-0.15, -0.1) is 24.0 Å². The van der Waals surface area contributed by atoms with Crippen LogP contribution in [0.1, 0.15) is 29.5 Å². The lowest BCUT2D eigenvalue weighted by atomic mass is 10.1. The summed E-state index contributed by atoms with van der Waals surface area (Å²) in [7, 11) is 1.78. The van der Waals surface area contributed by atoms with Gasteiger partial charge < -0.3 is 20.7 Å². The number of nitrogens with zero attached hydrogens (tertiary/aromatic N) is 1. The number of ether oxygens (including phenoxy) is 1. The van der Waals surface area contributed by atoms with Gasteiger partial charge in [0.05, 0.1) is 0 Å². The fraction of sp³-hybridized carbons (Fsp3) is 0.391. The van der Waals surface area contributed by atoms with Crippen molar-refractivity contribution >= 4 is 35.8 Å². The Morgan fingerprint density at radius 2 is 1.83 bits per heavy atom. The van der Waals surface area contributed by atoms with Gasteiger partial charge in [-0.25, -0.2) is 0 Å². The second kappa shape index (κ2) is 12.4. The fourth-order valence-electron chi connectivity index (χ4n) is 2.93. The molecule has 0 unspecified atom stereocenters. The van der Waals surface area contributed by atoms with E-state index in [1.54, 1.807) is 7.05 Å². The number of halogens is 1. The zero-order valence-electron chi connectivity index (χ0n) is 17.6. The highest BCUT2D eigenvalue weighted by molar-refractivity contribution is 14.0. The number of hydrogen-bond acceptors (Lipinski definition) is 3. The van der Waals surface area contributed by atoms with Crippen LogP contribution < -0.4 is 20.7 Å². The molecule has 0 heterocycles. The molecule has 7 heteroatoms. The van der Waals surface area contributed by atoms with Crippen molar-refractivity contribution < 1.29 is 9.53 Å². The molecule has 0 aliphatic heterocycles. The summed E-state index contributed by atoms with van der Waals surface area (Å²) in [6, 6.07) is 16.6. The van der Waals surface area contributed by atoms with E-state index in [9.17, 15) is 4.79 Å². The first-order chi connectivity index (χ1) is 14.1. The van der Waals surface area contributed by atoms with Crippen LogP contribution in [0.5, 0.6) is 5.75 Å². The van der Waals surface area contributed by atoms with E-state index in [2.05, 4.69) is 40.0 Å². The van der Waals surface area contributed by atoms with Crippen LogP contribution in [0, 0.1) is 6.92 Å². The predicted octanol–water partition coefficient (Wildman–Crippen LogP) is 3.18. The molecule has 1 aliphatic rings. The number of amides is 1. The Kier molecular flexibility index (Phi) is 9.93. The highest BCUT2D eigenvalue weighted by Gasteiger charge is 2.23. The van der Waals surface area contributed by atoms with E-state index in [1.165, 1.54) is 16.7 Å². The Labute approximate surface area is 195 Å². The zero-order chi connectivity index (χ0) is 20.5. The third-order valence-corrected chi connectivity index (χ3v) is 4.87. The Hall–Kier alpha value is -2.29. The van der Waals surface area contributed by atoms with Gasteiger partial charge in [-0.2, -0.15) is 0 Å². The molecule has 1 fully saturated rings. The third kappa shape index (κ3) is 8.22. The molecule has 1 saturated carbocycles. The number of rotatable bonds is 9. The molecular weight excluding hydrogens is 491 g/mol. The molecule has 6 nitrogen and oxygen atoms in total. The third-order valence-electron chi connectivity index (χ3n) is 4.87. The van der Waals surface area contributed by atoms with E-state index >= 15 is 0 Å². The molecule has 1 aliphatic carbocycles. The van der Waals surface area contributed by atoms with Crippen molar-refractivity contribution in [1.29, 1.82) is 0 Å². The summed E-state index contributed by atoms with van der Waals surface area (Å²) in [4.78, 5) is 15.9. The van der Waals surface area contributed by atoms with Gasteiger partial charge in [0.1, 0.15) is 5.75 Å². The Morgan fingerprint density at radius 1 is 1.10 bits per heavy atom. The summed E-state index contributed by atoms with van der Waals surface area (Å²) in [5, 5.41) is 9.60. The fourth-order valence-corrected chi connectivity index (χ4v) is 2.93. The van der Waals surface area contributed by atoms with Crippen LogP contribution in [0.3, 0.4) is 0 Å². The molecule has 1 amide bonds. The summed E-state index contributed by atoms with van der Waals surface area (Å²) < 4.78 is 5.54. The molecule has 3 rings (SSSR count). The van der Waals surface area contributed by atoms with Gasteiger partial charge in [-0.3, -0.25) is 9.79 Å². The summed E-state index contributed by atoms with van der Waals surface area (Å²) in [5.41, 5.74) is 3.72. The van der Waals surface area contributed by atoms with Gasteiger partial charge in [0, 0.05) is 26.2 Å². The van der Waals surface area contributed by atoms with E-state index in [1.807, 2.05) is 36.4 Å². The molecule has 30 heavy (non-hydrogen) atoms. The maximum Gasteiger partial charge on any atom is 0.258 e. The largest absolute Gasteiger partial charge is 0.484 e. The second-order valence-electron chi connectivity index (χ2n) is 7.30. The van der Waals surface area contributed by atoms with Crippen LogP contribution in [0.25, 0.3) is 0 Å². The van der Waals surface area contributed by atoms with Gasteiger partial charge in [0.15, 0.2) is 12.6 Å². The molecule has 0 saturated heterocycles. The Bertz CT molecular complexity index is 835. The molecule has 0 aromatic heterocycles. The number of guanidine groups is 1. The summed E-state index contributed by atoms with van der Waals surface area (Å²) in [6.07, 6.45) is 3.04. The van der Waals surface area contributed by atoms with Crippen LogP contribution in [-0.4, -0.2) is 38.1 Å². The summed E-state index contributed by atoms with van der Waals surface area (Å²) >= 11 is 0. The van der Waals surface area contributed by atoms with E-state index in [4.69, 9.17) is 4.74 Å². The Morgan fingerprint density at radius 3 is 2.50 bits per heavy atom. The number of hydrogen-bond donors (Lipinski definition) is 3. The molecule has 0 atom stereocenters. The van der Waals surface area contributed by atoms with Gasteiger partial charge in [-0.1, -0.05) is 36.4 Å². The molecule has 3 N–H and O–H groups in total. The van der Waals surface area contributed by atoms with Crippen molar-refractivity contribution in [2.75, 3.05) is 20.2 Å². The maximum atomic E-state index is 11.7. The maximum absolute atomic E-state index is 11.7. The highest BCUT2D eigenvalue weighted by atomic mass is 127. The van der Waals surface area contributed by atoms with E-state index in [-0.39, 0.29) is 36.5 Å². The van der Waals surface area contributed by atoms with E-state index in [0.29, 0.717) is 11.8 Å². The monoisotopic (exact) mass is 522 g/mol. The van der Waals surface area contributed by atoms with Crippen molar-refractivity contribution in [3.63, 3.8) is 0 Å². The van der Waals surface area contributed by atoms with Gasteiger partial charge in [0.2, 0.25) is 0 Å². The second-order valence-corrected chi connectivity index (χ2v) is 7.30. The highest BCUT2D eigenvalue weighted by Crippen LogP contribution is 2.18. The number of benzene rings is 2. The topological polar surface area (TPSA) is 74.8 Å². The molecular formula is C23H31IN4O2. The minimum absolute atomic E-state index is 0. The number of aryl methyl sites for hydroxylation is 1. The average Bonchev–Trinajstić information content (AvgIpc) is 3.55. The number of carbonyl (C=O) groups excluding carboxylic acids is 1. The SMILES string of the molecule is CN=C(NCCc1ccc(OCC(=O)NC2CC2)cc1)NCc1ccccc1C.I. The van der Waals surface area contributed by atoms with Crippen molar-refractivity contribution in [2.24, 2.45) is 4.99 Å². The lowest BCUT2D eigenvalue weighted by Crippen LogP contribution is -2.38. The zero-order valence-corrected chi connectivity index (χ0v) is 19.9.